The van der Waals surface area contributed by atoms with E-state index in [1.54, 1.807) is 0 Å². The summed E-state index contributed by atoms with van der Waals surface area (Å²) >= 11 is 0. The summed E-state index contributed by atoms with van der Waals surface area (Å²) in [6.45, 7) is 3.74. The third kappa shape index (κ3) is 6.67. The van der Waals surface area contributed by atoms with Crippen molar-refractivity contribution in [2.45, 2.75) is 19.8 Å². The lowest BCUT2D eigenvalue weighted by molar-refractivity contribution is 0.159. The van der Waals surface area contributed by atoms with Crippen LogP contribution in [0.5, 0.6) is 0 Å². The maximum atomic E-state index is 5.46. The number of nitrogens with zero attached hydrogens (tertiary/aromatic N) is 1. The summed E-state index contributed by atoms with van der Waals surface area (Å²) in [6.07, 6.45) is 6.51. The quantitative estimate of drug-likeness (QED) is 0.694. The van der Waals surface area contributed by atoms with Crippen molar-refractivity contribution in [3.05, 3.63) is 35.9 Å². The van der Waals surface area contributed by atoms with Gasteiger partial charge in [0.1, 0.15) is 0 Å². The van der Waals surface area contributed by atoms with E-state index >= 15 is 0 Å². The Hall–Kier alpha value is -0.990. The largest absolute Gasteiger partial charge is 0.378 e. The van der Waals surface area contributed by atoms with E-state index in [4.69, 9.17) is 4.74 Å². The molecular formula is C15H24ClNO. The summed E-state index contributed by atoms with van der Waals surface area (Å²) < 4.78 is 5.46. The molecule has 0 N–H and O–H groups in total. The Bertz CT molecular complexity index is 333. The van der Waals surface area contributed by atoms with Gasteiger partial charge in [0.25, 0.3) is 0 Å². The smallest absolute Gasteiger partial charge is 0.0650 e. The minimum absolute atomic E-state index is 0. The molecule has 0 fully saturated rings. The van der Waals surface area contributed by atoms with Crippen LogP contribution in [0.3, 0.4) is 0 Å². The monoisotopic (exact) mass is 269 g/mol. The zero-order valence-corrected chi connectivity index (χ0v) is 12.4. The van der Waals surface area contributed by atoms with Crippen molar-refractivity contribution in [2.24, 2.45) is 0 Å². The van der Waals surface area contributed by atoms with Crippen molar-refractivity contribution in [1.29, 1.82) is 0 Å². The molecule has 1 rings (SSSR count). The lowest BCUT2D eigenvalue weighted by Crippen LogP contribution is -2.07. The summed E-state index contributed by atoms with van der Waals surface area (Å²) in [5.41, 5.74) is 2.44. The van der Waals surface area contributed by atoms with Crippen molar-refractivity contribution < 1.29 is 4.74 Å². The average molecular weight is 270 g/mol. The van der Waals surface area contributed by atoms with Crippen molar-refractivity contribution in [1.82, 2.24) is 0 Å². The highest BCUT2D eigenvalue weighted by Gasteiger charge is 1.93. The van der Waals surface area contributed by atoms with E-state index in [0.717, 1.165) is 13.0 Å². The van der Waals surface area contributed by atoms with Crippen molar-refractivity contribution in [3.8, 4) is 0 Å². The zero-order chi connectivity index (χ0) is 12.5. The Morgan fingerprint density at radius 2 is 1.83 bits per heavy atom. The van der Waals surface area contributed by atoms with Gasteiger partial charge in [-0.25, -0.2) is 0 Å². The summed E-state index contributed by atoms with van der Waals surface area (Å²) in [4.78, 5) is 2.10. The third-order valence-electron chi connectivity index (χ3n) is 2.58. The molecule has 0 aliphatic rings. The molecule has 1 aromatic carbocycles. The molecule has 0 aromatic heterocycles. The maximum Gasteiger partial charge on any atom is 0.0650 e. The lowest BCUT2D eigenvalue weighted by atomic mass is 10.2. The van der Waals surface area contributed by atoms with Crippen LogP contribution in [0, 0.1) is 0 Å². The molecule has 0 saturated carbocycles. The van der Waals surface area contributed by atoms with Crippen molar-refractivity contribution in [2.75, 3.05) is 32.2 Å². The molecule has 0 atom stereocenters. The van der Waals surface area contributed by atoms with Gasteiger partial charge in [0.05, 0.1) is 6.61 Å². The van der Waals surface area contributed by atoms with E-state index in [0.29, 0.717) is 6.61 Å². The highest BCUT2D eigenvalue weighted by atomic mass is 35.5. The van der Waals surface area contributed by atoms with Gasteiger partial charge >= 0.3 is 0 Å². The minimum Gasteiger partial charge on any atom is -0.378 e. The van der Waals surface area contributed by atoms with E-state index in [9.17, 15) is 0 Å². The molecule has 2 nitrogen and oxygen atoms in total. The topological polar surface area (TPSA) is 12.5 Å². The molecule has 0 unspecified atom stereocenters. The van der Waals surface area contributed by atoms with Crippen LogP contribution in [0.1, 0.15) is 25.3 Å². The number of unbranched alkanes of at least 4 members (excludes halogenated alkanes) is 1. The third-order valence-corrected chi connectivity index (χ3v) is 2.58. The van der Waals surface area contributed by atoms with Gasteiger partial charge in [0, 0.05) is 26.4 Å². The maximum absolute atomic E-state index is 5.46. The second-order valence-corrected chi connectivity index (χ2v) is 4.32. The highest BCUT2D eigenvalue weighted by Crippen LogP contribution is 2.12. The van der Waals surface area contributed by atoms with E-state index in [1.165, 1.54) is 17.7 Å². The summed E-state index contributed by atoms with van der Waals surface area (Å²) in [5, 5.41) is 0. The summed E-state index contributed by atoms with van der Waals surface area (Å²) in [5.74, 6) is 0. The van der Waals surface area contributed by atoms with E-state index in [2.05, 4.69) is 48.2 Å². The molecule has 1 aromatic rings. The van der Waals surface area contributed by atoms with Gasteiger partial charge in [-0.15, -0.1) is 12.4 Å². The van der Waals surface area contributed by atoms with Gasteiger partial charge in [-0.3, -0.25) is 0 Å². The molecule has 18 heavy (non-hydrogen) atoms. The van der Waals surface area contributed by atoms with E-state index in [-0.39, 0.29) is 12.4 Å². The minimum atomic E-state index is 0. The second-order valence-electron chi connectivity index (χ2n) is 4.32. The van der Waals surface area contributed by atoms with Crippen LogP contribution in [0.15, 0.2) is 30.3 Å². The fraction of sp³-hybridized carbons (Fsp3) is 0.467. The number of hydrogen-bond donors (Lipinski definition) is 0. The van der Waals surface area contributed by atoms with Crippen LogP contribution in [-0.4, -0.2) is 27.3 Å². The van der Waals surface area contributed by atoms with Gasteiger partial charge in [0.2, 0.25) is 0 Å². The summed E-state index contributed by atoms with van der Waals surface area (Å²) in [6, 6.07) is 8.49. The Morgan fingerprint density at radius 1 is 1.17 bits per heavy atom. The Kier molecular flexibility index (Phi) is 9.43. The molecule has 3 heteroatoms. The van der Waals surface area contributed by atoms with Gasteiger partial charge in [-0.05, 0) is 24.1 Å². The first-order valence-corrected chi connectivity index (χ1v) is 6.25. The van der Waals surface area contributed by atoms with Crippen molar-refractivity contribution in [3.63, 3.8) is 0 Å². The van der Waals surface area contributed by atoms with Gasteiger partial charge in [0.15, 0.2) is 0 Å². The van der Waals surface area contributed by atoms with Crippen LogP contribution < -0.4 is 4.90 Å². The second kappa shape index (κ2) is 9.98. The Morgan fingerprint density at radius 3 is 2.39 bits per heavy atom. The first kappa shape index (κ1) is 17.0. The van der Waals surface area contributed by atoms with E-state index in [1.807, 2.05) is 14.1 Å². The first-order valence-electron chi connectivity index (χ1n) is 6.25. The first-order chi connectivity index (χ1) is 8.24. The predicted octanol–water partition coefficient (Wildman–Crippen LogP) is 4.00. The number of hydrogen-bond acceptors (Lipinski definition) is 2. The predicted molar refractivity (Wildman–Crippen MR) is 82.8 cm³/mol. The van der Waals surface area contributed by atoms with Crippen LogP contribution >= 0.6 is 12.4 Å². The summed E-state index contributed by atoms with van der Waals surface area (Å²) in [7, 11) is 4.10. The Balaban J connectivity index is 0.00000289. The van der Waals surface area contributed by atoms with E-state index < -0.39 is 0 Å². The van der Waals surface area contributed by atoms with Crippen LogP contribution in [0.25, 0.3) is 6.08 Å². The molecule has 0 spiro atoms. The van der Waals surface area contributed by atoms with Crippen LogP contribution in [0.4, 0.5) is 5.69 Å². The van der Waals surface area contributed by atoms with Gasteiger partial charge in [-0.1, -0.05) is 37.6 Å². The molecule has 0 bridgehead atoms. The number of anilines is 1. The molecule has 0 saturated heterocycles. The molecular weight excluding hydrogens is 246 g/mol. The Labute approximate surface area is 117 Å². The van der Waals surface area contributed by atoms with Gasteiger partial charge < -0.3 is 9.64 Å². The molecule has 0 aliphatic carbocycles. The molecule has 0 heterocycles. The number of benzene rings is 1. The molecule has 102 valence electrons. The van der Waals surface area contributed by atoms with Crippen LogP contribution in [0.2, 0.25) is 0 Å². The number of halogens is 1. The molecule has 0 amide bonds. The fourth-order valence-electron chi connectivity index (χ4n) is 1.47. The highest BCUT2D eigenvalue weighted by molar-refractivity contribution is 5.85. The normalized spacial score (nSPS) is 10.4. The molecule has 0 radical (unpaired) electrons. The lowest BCUT2D eigenvalue weighted by Gasteiger charge is -2.11. The van der Waals surface area contributed by atoms with Gasteiger partial charge in [-0.2, -0.15) is 0 Å². The SMILES string of the molecule is CCCCOC/C=C\c1ccc(N(C)C)cc1.Cl. The number of ether oxygens (including phenoxy) is 1. The molecule has 0 aliphatic heterocycles. The average Bonchev–Trinajstić information content (AvgIpc) is 2.34. The fourth-order valence-corrected chi connectivity index (χ4v) is 1.47. The van der Waals surface area contributed by atoms with Crippen molar-refractivity contribution >= 4 is 24.2 Å². The van der Waals surface area contributed by atoms with Crippen LogP contribution in [-0.2, 0) is 4.74 Å². The zero-order valence-electron chi connectivity index (χ0n) is 11.6. The number of rotatable bonds is 7. The standard InChI is InChI=1S/C15H23NO.ClH/c1-4-5-12-17-13-6-7-14-8-10-15(11-9-14)16(2)3;/h6-11H,4-5,12-13H2,1-3H3;1H/b7-6-;.